The van der Waals surface area contributed by atoms with Crippen LogP contribution in [0.15, 0.2) is 24.3 Å². The van der Waals surface area contributed by atoms with Gasteiger partial charge in [0.1, 0.15) is 0 Å². The molecule has 1 unspecified atom stereocenters. The molecule has 0 aliphatic heterocycles. The SMILES string of the molecule is Cc1ccc(C(C)(C)CNCC(C)CC(=O)O)cc1. The number of benzene rings is 1. The van der Waals surface area contributed by atoms with Gasteiger partial charge in [0.15, 0.2) is 0 Å². The zero-order valence-electron chi connectivity index (χ0n) is 12.4. The lowest BCUT2D eigenvalue weighted by atomic mass is 9.84. The maximum Gasteiger partial charge on any atom is 0.303 e. The second-order valence-corrected chi connectivity index (χ2v) is 6.08. The van der Waals surface area contributed by atoms with Crippen LogP contribution < -0.4 is 5.32 Å². The first-order valence-corrected chi connectivity index (χ1v) is 6.81. The normalized spacial score (nSPS) is 13.3. The Balaban J connectivity index is 2.46. The van der Waals surface area contributed by atoms with Gasteiger partial charge in [-0.25, -0.2) is 0 Å². The molecule has 1 aromatic carbocycles. The maximum absolute atomic E-state index is 10.6. The first-order chi connectivity index (χ1) is 8.81. The van der Waals surface area contributed by atoms with Crippen LogP contribution in [0.25, 0.3) is 0 Å². The van der Waals surface area contributed by atoms with Crippen LogP contribution in [0, 0.1) is 12.8 Å². The van der Waals surface area contributed by atoms with Crippen molar-refractivity contribution in [2.24, 2.45) is 5.92 Å². The van der Waals surface area contributed by atoms with Crippen molar-refractivity contribution in [2.75, 3.05) is 13.1 Å². The van der Waals surface area contributed by atoms with Crippen LogP contribution in [0.1, 0.15) is 38.3 Å². The summed E-state index contributed by atoms with van der Waals surface area (Å²) in [6.07, 6.45) is 0.220. The Morgan fingerprint density at radius 1 is 1.32 bits per heavy atom. The van der Waals surface area contributed by atoms with Gasteiger partial charge in [-0.1, -0.05) is 50.6 Å². The van der Waals surface area contributed by atoms with Gasteiger partial charge in [-0.3, -0.25) is 4.79 Å². The highest BCUT2D eigenvalue weighted by atomic mass is 16.4. The third-order valence-corrected chi connectivity index (χ3v) is 3.42. The fourth-order valence-corrected chi connectivity index (χ4v) is 2.11. The van der Waals surface area contributed by atoms with Gasteiger partial charge in [0.2, 0.25) is 0 Å². The molecule has 1 rings (SSSR count). The summed E-state index contributed by atoms with van der Waals surface area (Å²) < 4.78 is 0. The Morgan fingerprint density at radius 2 is 1.89 bits per heavy atom. The second kappa shape index (κ2) is 6.71. The highest BCUT2D eigenvalue weighted by molar-refractivity contribution is 5.66. The number of nitrogens with one attached hydrogen (secondary N) is 1. The van der Waals surface area contributed by atoms with Crippen LogP contribution in [0.3, 0.4) is 0 Å². The van der Waals surface area contributed by atoms with Gasteiger partial charge in [0, 0.05) is 18.4 Å². The summed E-state index contributed by atoms with van der Waals surface area (Å²) in [6.45, 7) is 10.0. The molecule has 0 fully saturated rings. The van der Waals surface area contributed by atoms with E-state index in [1.54, 1.807) is 0 Å². The van der Waals surface area contributed by atoms with E-state index in [9.17, 15) is 4.79 Å². The number of hydrogen-bond donors (Lipinski definition) is 2. The third kappa shape index (κ3) is 5.43. The fraction of sp³-hybridized carbons (Fsp3) is 0.562. The van der Waals surface area contributed by atoms with Crippen molar-refractivity contribution in [3.05, 3.63) is 35.4 Å². The molecule has 0 saturated heterocycles. The first-order valence-electron chi connectivity index (χ1n) is 6.81. The molecule has 0 saturated carbocycles. The van der Waals surface area contributed by atoms with Gasteiger partial charge in [0.25, 0.3) is 0 Å². The Labute approximate surface area is 116 Å². The number of rotatable bonds is 7. The molecular weight excluding hydrogens is 238 g/mol. The van der Waals surface area contributed by atoms with E-state index >= 15 is 0 Å². The summed E-state index contributed by atoms with van der Waals surface area (Å²) in [4.78, 5) is 10.6. The Bertz CT molecular complexity index is 409. The van der Waals surface area contributed by atoms with Crippen LogP contribution >= 0.6 is 0 Å². The fourth-order valence-electron chi connectivity index (χ4n) is 2.11. The van der Waals surface area contributed by atoms with Crippen molar-refractivity contribution in [3.8, 4) is 0 Å². The largest absolute Gasteiger partial charge is 0.481 e. The molecule has 2 N–H and O–H groups in total. The van der Waals surface area contributed by atoms with Crippen LogP contribution in [-0.4, -0.2) is 24.2 Å². The van der Waals surface area contributed by atoms with Crippen molar-refractivity contribution in [3.63, 3.8) is 0 Å². The summed E-state index contributed by atoms with van der Waals surface area (Å²) in [5, 5.41) is 12.1. The third-order valence-electron chi connectivity index (χ3n) is 3.42. The maximum atomic E-state index is 10.6. The molecule has 106 valence electrons. The summed E-state index contributed by atoms with van der Waals surface area (Å²) in [5.41, 5.74) is 2.62. The number of aliphatic carboxylic acids is 1. The van der Waals surface area contributed by atoms with Crippen molar-refractivity contribution in [1.82, 2.24) is 5.32 Å². The van der Waals surface area contributed by atoms with Crippen LogP contribution in [-0.2, 0) is 10.2 Å². The summed E-state index contributed by atoms with van der Waals surface area (Å²) in [5.74, 6) is -0.571. The Hall–Kier alpha value is -1.35. The zero-order valence-corrected chi connectivity index (χ0v) is 12.4. The Morgan fingerprint density at radius 3 is 2.42 bits per heavy atom. The van der Waals surface area contributed by atoms with Crippen LogP contribution in [0.4, 0.5) is 0 Å². The zero-order chi connectivity index (χ0) is 14.5. The standard InChI is InChI=1S/C16H25NO2/c1-12-5-7-14(8-6-12)16(3,4)11-17-10-13(2)9-15(18)19/h5-8,13,17H,9-11H2,1-4H3,(H,18,19). The van der Waals surface area contributed by atoms with Crippen molar-refractivity contribution >= 4 is 5.97 Å². The summed E-state index contributed by atoms with van der Waals surface area (Å²) in [6, 6.07) is 8.59. The van der Waals surface area contributed by atoms with E-state index in [2.05, 4.69) is 50.4 Å². The Kier molecular flexibility index (Phi) is 5.55. The van der Waals surface area contributed by atoms with Gasteiger partial charge in [-0.15, -0.1) is 0 Å². The van der Waals surface area contributed by atoms with E-state index in [1.165, 1.54) is 11.1 Å². The smallest absolute Gasteiger partial charge is 0.303 e. The molecule has 3 nitrogen and oxygen atoms in total. The van der Waals surface area contributed by atoms with Gasteiger partial charge in [0.05, 0.1) is 0 Å². The molecule has 19 heavy (non-hydrogen) atoms. The molecule has 0 bridgehead atoms. The average molecular weight is 263 g/mol. The van der Waals surface area contributed by atoms with Gasteiger partial charge >= 0.3 is 5.97 Å². The average Bonchev–Trinajstić information content (AvgIpc) is 2.28. The molecular formula is C16H25NO2. The lowest BCUT2D eigenvalue weighted by Crippen LogP contribution is -2.35. The quantitative estimate of drug-likeness (QED) is 0.795. The molecule has 0 aromatic heterocycles. The first kappa shape index (κ1) is 15.7. The molecule has 1 aromatic rings. The van der Waals surface area contributed by atoms with Gasteiger partial charge < -0.3 is 10.4 Å². The second-order valence-electron chi connectivity index (χ2n) is 6.08. The number of carbonyl (C=O) groups is 1. The summed E-state index contributed by atoms with van der Waals surface area (Å²) >= 11 is 0. The monoisotopic (exact) mass is 263 g/mol. The van der Waals surface area contributed by atoms with Crippen molar-refractivity contribution in [1.29, 1.82) is 0 Å². The minimum atomic E-state index is -0.730. The predicted molar refractivity (Wildman–Crippen MR) is 78.5 cm³/mol. The minimum Gasteiger partial charge on any atom is -0.481 e. The summed E-state index contributed by atoms with van der Waals surface area (Å²) in [7, 11) is 0. The van der Waals surface area contributed by atoms with E-state index in [4.69, 9.17) is 5.11 Å². The van der Waals surface area contributed by atoms with Crippen LogP contribution in [0.5, 0.6) is 0 Å². The van der Waals surface area contributed by atoms with Crippen LogP contribution in [0.2, 0.25) is 0 Å². The molecule has 0 aliphatic rings. The van der Waals surface area contributed by atoms with Gasteiger partial charge in [-0.05, 0) is 24.9 Å². The molecule has 0 aliphatic carbocycles. The number of carboxylic acids is 1. The molecule has 0 spiro atoms. The number of carboxylic acid groups (broad SMARTS) is 1. The van der Waals surface area contributed by atoms with E-state index in [-0.39, 0.29) is 17.8 Å². The van der Waals surface area contributed by atoms with E-state index in [0.29, 0.717) is 0 Å². The molecule has 0 amide bonds. The number of hydrogen-bond acceptors (Lipinski definition) is 2. The lowest BCUT2D eigenvalue weighted by Gasteiger charge is -2.26. The predicted octanol–water partition coefficient (Wildman–Crippen LogP) is 2.97. The van der Waals surface area contributed by atoms with E-state index < -0.39 is 5.97 Å². The molecule has 3 heteroatoms. The lowest BCUT2D eigenvalue weighted by molar-refractivity contribution is -0.137. The highest BCUT2D eigenvalue weighted by Crippen LogP contribution is 2.22. The van der Waals surface area contributed by atoms with Crippen molar-refractivity contribution < 1.29 is 9.90 Å². The van der Waals surface area contributed by atoms with Crippen molar-refractivity contribution in [2.45, 2.75) is 39.5 Å². The molecule has 0 heterocycles. The highest BCUT2D eigenvalue weighted by Gasteiger charge is 2.20. The number of aryl methyl sites for hydroxylation is 1. The molecule has 0 radical (unpaired) electrons. The topological polar surface area (TPSA) is 49.3 Å². The van der Waals surface area contributed by atoms with E-state index in [1.807, 2.05) is 6.92 Å². The van der Waals surface area contributed by atoms with E-state index in [0.717, 1.165) is 13.1 Å². The molecule has 1 atom stereocenters. The van der Waals surface area contributed by atoms with Gasteiger partial charge in [-0.2, -0.15) is 0 Å². The minimum absolute atomic E-state index is 0.0522.